The number of hydrogen-bond acceptors (Lipinski definition) is 4. The molecule has 0 spiro atoms. The first-order chi connectivity index (χ1) is 11.2. The number of nitrogens with zero attached hydrogens (tertiary/aromatic N) is 3. The van der Waals surface area contributed by atoms with E-state index in [9.17, 15) is 4.79 Å². The summed E-state index contributed by atoms with van der Waals surface area (Å²) in [5.41, 5.74) is 0.503. The van der Waals surface area contributed by atoms with Crippen LogP contribution in [-0.4, -0.2) is 23.8 Å². The Labute approximate surface area is 150 Å². The van der Waals surface area contributed by atoms with Gasteiger partial charge in [0.1, 0.15) is 0 Å². The second kappa shape index (κ2) is 7.92. The van der Waals surface area contributed by atoms with Crippen LogP contribution in [-0.2, 0) is 13.1 Å². The normalized spacial score (nSPS) is 10.2. The van der Waals surface area contributed by atoms with E-state index < -0.39 is 0 Å². The van der Waals surface area contributed by atoms with Gasteiger partial charge in [0.2, 0.25) is 0 Å². The van der Waals surface area contributed by atoms with E-state index in [4.69, 9.17) is 9.47 Å². The van der Waals surface area contributed by atoms with Crippen LogP contribution in [0.3, 0.4) is 0 Å². The van der Waals surface area contributed by atoms with Gasteiger partial charge in [-0.05, 0) is 6.07 Å². The van der Waals surface area contributed by atoms with Crippen molar-refractivity contribution >= 4 is 10.9 Å². The highest BCUT2D eigenvalue weighted by molar-refractivity contribution is 5.81. The molecule has 0 radical (unpaired) electrons. The average molecular weight is 392 g/mol. The van der Waals surface area contributed by atoms with Crippen LogP contribution in [0.25, 0.3) is 10.9 Å². The Morgan fingerprint density at radius 1 is 1.08 bits per heavy atom. The van der Waals surface area contributed by atoms with Gasteiger partial charge in [-0.1, -0.05) is 6.07 Å². The summed E-state index contributed by atoms with van der Waals surface area (Å²) in [7, 11) is 3.10. The number of methoxy groups -OCH3 is 2. The summed E-state index contributed by atoms with van der Waals surface area (Å²) in [6.07, 6.45) is 5.50. The zero-order chi connectivity index (χ0) is 16.2. The Balaban J connectivity index is 0.00000208. The maximum Gasteiger partial charge on any atom is 0.261 e. The van der Waals surface area contributed by atoms with Crippen molar-refractivity contribution in [3.8, 4) is 11.5 Å². The monoisotopic (exact) mass is 391 g/mol. The molecule has 0 aliphatic heterocycles. The highest BCUT2D eigenvalue weighted by Gasteiger charge is 2.11. The third-order valence-corrected chi connectivity index (χ3v) is 3.71. The van der Waals surface area contributed by atoms with Gasteiger partial charge < -0.3 is 26.5 Å². The average Bonchev–Trinajstić information content (AvgIpc) is 2.61. The lowest BCUT2D eigenvalue weighted by molar-refractivity contribution is -0.698. The van der Waals surface area contributed by atoms with E-state index in [-0.39, 0.29) is 22.5 Å². The number of aromatic nitrogens is 3. The molecule has 0 fully saturated rings. The molecular weight excluding hydrogens is 374 g/mol. The molecule has 7 heteroatoms. The van der Waals surface area contributed by atoms with Crippen molar-refractivity contribution in [2.24, 2.45) is 0 Å². The highest BCUT2D eigenvalue weighted by atomic mass is 79.9. The number of halogens is 1. The second-order valence-corrected chi connectivity index (χ2v) is 5.08. The summed E-state index contributed by atoms with van der Waals surface area (Å²) in [5.74, 6) is 1.08. The first-order valence-electron chi connectivity index (χ1n) is 7.28. The van der Waals surface area contributed by atoms with Crippen molar-refractivity contribution in [2.45, 2.75) is 13.1 Å². The fraction of sp³-hybridized carbons (Fsp3) is 0.235. The van der Waals surface area contributed by atoms with Crippen molar-refractivity contribution < 1.29 is 31.0 Å². The van der Waals surface area contributed by atoms with Crippen LogP contribution in [0.1, 0.15) is 0 Å². The molecule has 0 unspecified atom stereocenters. The number of aryl methyl sites for hydroxylation is 2. The van der Waals surface area contributed by atoms with Crippen molar-refractivity contribution in [3.63, 3.8) is 0 Å². The molecule has 0 amide bonds. The minimum absolute atomic E-state index is 0. The number of ether oxygens (including phenoxy) is 2. The molecule has 0 saturated carbocycles. The van der Waals surface area contributed by atoms with Gasteiger partial charge in [-0.25, -0.2) is 9.55 Å². The Kier molecular flexibility index (Phi) is 5.92. The van der Waals surface area contributed by atoms with Crippen LogP contribution < -0.4 is 36.6 Å². The number of rotatable bonds is 5. The minimum atomic E-state index is -0.0903. The SMILES string of the molecule is COc1cc2ncn(CC[n+]3ccccc3)c(=O)c2cc1OC.[Br-]. The molecule has 2 aromatic heterocycles. The fourth-order valence-corrected chi connectivity index (χ4v) is 2.45. The zero-order valence-corrected chi connectivity index (χ0v) is 15.1. The molecule has 0 aliphatic carbocycles. The van der Waals surface area contributed by atoms with Gasteiger partial charge in [-0.3, -0.25) is 9.36 Å². The molecule has 2 heterocycles. The molecule has 3 rings (SSSR count). The summed E-state index contributed by atoms with van der Waals surface area (Å²) < 4.78 is 14.1. The molecule has 0 atom stereocenters. The van der Waals surface area contributed by atoms with Gasteiger partial charge in [0.15, 0.2) is 30.4 Å². The first kappa shape index (κ1) is 17.9. The van der Waals surface area contributed by atoms with Gasteiger partial charge in [-0.2, -0.15) is 0 Å². The van der Waals surface area contributed by atoms with Crippen LogP contribution in [0.5, 0.6) is 11.5 Å². The van der Waals surface area contributed by atoms with E-state index in [1.807, 2.05) is 35.2 Å². The lowest BCUT2D eigenvalue weighted by atomic mass is 10.2. The molecule has 0 bridgehead atoms. The molecule has 6 nitrogen and oxygen atoms in total. The number of benzene rings is 1. The third kappa shape index (κ3) is 3.56. The Bertz CT molecular complexity index is 881. The van der Waals surface area contributed by atoms with Gasteiger partial charge >= 0.3 is 0 Å². The molecule has 3 aromatic rings. The Morgan fingerprint density at radius 2 is 1.75 bits per heavy atom. The Hall–Kier alpha value is -2.41. The first-order valence-corrected chi connectivity index (χ1v) is 7.28. The standard InChI is InChI=1S/C17H18N3O3.BrH/c1-22-15-10-13-14(11-16(15)23-2)18-12-20(17(13)21)9-8-19-6-4-3-5-7-19;/h3-7,10-12H,8-9H2,1-2H3;1H/q+1;/p-1. The van der Waals surface area contributed by atoms with E-state index in [1.54, 1.807) is 37.2 Å². The predicted molar refractivity (Wildman–Crippen MR) is 85.7 cm³/mol. The summed E-state index contributed by atoms with van der Waals surface area (Å²) in [4.78, 5) is 17.0. The van der Waals surface area contributed by atoms with Crippen LogP contribution >= 0.6 is 0 Å². The van der Waals surface area contributed by atoms with Gasteiger partial charge in [0.05, 0.1) is 38.0 Å². The van der Waals surface area contributed by atoms with Crippen molar-refractivity contribution in [1.82, 2.24) is 9.55 Å². The summed E-state index contributed by atoms with van der Waals surface area (Å²) in [6, 6.07) is 9.26. The van der Waals surface area contributed by atoms with Crippen LogP contribution in [0, 0.1) is 0 Å². The molecule has 0 N–H and O–H groups in total. The smallest absolute Gasteiger partial charge is 0.261 e. The van der Waals surface area contributed by atoms with Crippen molar-refractivity contribution in [1.29, 1.82) is 0 Å². The molecular formula is C17H18BrN3O3. The molecule has 0 aliphatic rings. The fourth-order valence-electron chi connectivity index (χ4n) is 2.45. The quantitative estimate of drug-likeness (QED) is 0.492. The summed E-state index contributed by atoms with van der Waals surface area (Å²) in [5, 5.41) is 0.517. The van der Waals surface area contributed by atoms with E-state index in [0.29, 0.717) is 35.5 Å². The predicted octanol–water partition coefficient (Wildman–Crippen LogP) is -1.59. The van der Waals surface area contributed by atoms with Gasteiger partial charge in [-0.15, -0.1) is 0 Å². The minimum Gasteiger partial charge on any atom is -1.00 e. The number of hydrogen-bond donors (Lipinski definition) is 0. The molecule has 126 valence electrons. The van der Waals surface area contributed by atoms with Crippen LogP contribution in [0.2, 0.25) is 0 Å². The lowest BCUT2D eigenvalue weighted by Crippen LogP contribution is -3.00. The van der Waals surface area contributed by atoms with Crippen LogP contribution in [0.15, 0.2) is 53.8 Å². The molecule has 1 aromatic carbocycles. The van der Waals surface area contributed by atoms with Crippen molar-refractivity contribution in [3.05, 3.63) is 59.4 Å². The van der Waals surface area contributed by atoms with Gasteiger partial charge in [0, 0.05) is 18.2 Å². The van der Waals surface area contributed by atoms with E-state index >= 15 is 0 Å². The van der Waals surface area contributed by atoms with E-state index in [1.165, 1.54) is 0 Å². The second-order valence-electron chi connectivity index (χ2n) is 5.08. The topological polar surface area (TPSA) is 57.2 Å². The Morgan fingerprint density at radius 3 is 2.42 bits per heavy atom. The number of fused-ring (bicyclic) bond motifs is 1. The third-order valence-electron chi connectivity index (χ3n) is 3.71. The highest BCUT2D eigenvalue weighted by Crippen LogP contribution is 2.29. The zero-order valence-electron chi connectivity index (χ0n) is 13.5. The maximum absolute atomic E-state index is 12.6. The maximum atomic E-state index is 12.6. The summed E-state index contributed by atoms with van der Waals surface area (Å²) in [6.45, 7) is 1.24. The lowest BCUT2D eigenvalue weighted by Gasteiger charge is -2.10. The van der Waals surface area contributed by atoms with E-state index in [0.717, 1.165) is 0 Å². The van der Waals surface area contributed by atoms with Crippen molar-refractivity contribution in [2.75, 3.05) is 14.2 Å². The van der Waals surface area contributed by atoms with E-state index in [2.05, 4.69) is 4.98 Å². The molecule has 0 saturated heterocycles. The van der Waals surface area contributed by atoms with Gasteiger partial charge in [0.25, 0.3) is 5.56 Å². The number of pyridine rings is 1. The molecule has 24 heavy (non-hydrogen) atoms. The largest absolute Gasteiger partial charge is 1.00 e. The summed E-state index contributed by atoms with van der Waals surface area (Å²) >= 11 is 0. The van der Waals surface area contributed by atoms with Crippen LogP contribution in [0.4, 0.5) is 0 Å².